The van der Waals surface area contributed by atoms with Crippen LogP contribution in [0.25, 0.3) is 0 Å². The zero-order valence-electron chi connectivity index (χ0n) is 4.64. The highest BCUT2D eigenvalue weighted by Gasteiger charge is 1.86. The zero-order valence-corrected chi connectivity index (χ0v) is 4.64. The van der Waals surface area contributed by atoms with E-state index in [4.69, 9.17) is 9.94 Å². The molecule has 0 spiro atoms. The van der Waals surface area contributed by atoms with E-state index in [1.165, 1.54) is 0 Å². The molecule has 0 radical (unpaired) electrons. The van der Waals surface area contributed by atoms with Crippen LogP contribution in [0, 0.1) is 0 Å². The summed E-state index contributed by atoms with van der Waals surface area (Å²) >= 11 is 0. The van der Waals surface area contributed by atoms with Crippen LogP contribution in [0.5, 0.6) is 0 Å². The van der Waals surface area contributed by atoms with Crippen molar-refractivity contribution in [1.82, 2.24) is 5.48 Å². The average molecular weight is 105 g/mol. The van der Waals surface area contributed by atoms with Gasteiger partial charge < -0.3 is 9.94 Å². The van der Waals surface area contributed by atoms with Crippen molar-refractivity contribution in [2.24, 2.45) is 0 Å². The molecule has 0 aromatic carbocycles. The van der Waals surface area contributed by atoms with Crippen LogP contribution in [0.3, 0.4) is 0 Å². The summed E-state index contributed by atoms with van der Waals surface area (Å²) < 4.78 is 4.83. The van der Waals surface area contributed by atoms with Gasteiger partial charge in [0.2, 0.25) is 0 Å². The predicted octanol–water partition coefficient (Wildman–Crippen LogP) is 0.348. The summed E-state index contributed by atoms with van der Waals surface area (Å²) in [5, 5.41) is 7.94. The summed E-state index contributed by atoms with van der Waals surface area (Å²) in [5.74, 6) is 0. The maximum Gasteiger partial charge on any atom is 0.119 e. The molecule has 3 nitrogen and oxygen atoms in total. The van der Waals surface area contributed by atoms with Crippen molar-refractivity contribution in [1.29, 1.82) is 0 Å². The van der Waals surface area contributed by atoms with Crippen LogP contribution in [0.4, 0.5) is 0 Å². The average Bonchev–Trinajstić information content (AvgIpc) is 1.61. The number of ether oxygens (including phenoxy) is 1. The van der Waals surface area contributed by atoms with E-state index in [-0.39, 0.29) is 12.8 Å². The molecule has 0 unspecified atom stereocenters. The standard InChI is InChI=1S/C4H11NO2/c1-4(2)7-3-5-6/h4-6H,3H2,1-2H3. The van der Waals surface area contributed by atoms with Crippen molar-refractivity contribution in [3.05, 3.63) is 0 Å². The molecule has 0 aliphatic carbocycles. The fraction of sp³-hybridized carbons (Fsp3) is 1.00. The maximum atomic E-state index is 7.94. The minimum Gasteiger partial charge on any atom is -0.362 e. The second-order valence-corrected chi connectivity index (χ2v) is 1.52. The quantitative estimate of drug-likeness (QED) is 0.402. The molecule has 0 fully saturated rings. The van der Waals surface area contributed by atoms with Gasteiger partial charge >= 0.3 is 0 Å². The first-order chi connectivity index (χ1) is 3.27. The molecule has 7 heavy (non-hydrogen) atoms. The minimum absolute atomic E-state index is 0.180. The molecule has 0 aromatic rings. The van der Waals surface area contributed by atoms with Gasteiger partial charge in [-0.1, -0.05) is 0 Å². The Bertz CT molecular complexity index is 38.7. The molecule has 0 saturated heterocycles. The summed E-state index contributed by atoms with van der Waals surface area (Å²) in [4.78, 5) is 0. The Hall–Kier alpha value is -0.120. The first-order valence-corrected chi connectivity index (χ1v) is 2.26. The zero-order chi connectivity index (χ0) is 5.70. The highest BCUT2D eigenvalue weighted by atomic mass is 16.6. The summed E-state index contributed by atoms with van der Waals surface area (Å²) in [7, 11) is 0. The lowest BCUT2D eigenvalue weighted by molar-refractivity contribution is -0.00607. The normalized spacial score (nSPS) is 10.3. The number of hydrogen-bond acceptors (Lipinski definition) is 3. The summed E-state index contributed by atoms with van der Waals surface area (Å²) in [6.45, 7) is 4.01. The molecule has 0 aromatic heterocycles. The second kappa shape index (κ2) is 4.05. The highest BCUT2D eigenvalue weighted by molar-refractivity contribution is 4.30. The molecule has 0 bridgehead atoms. The maximum absolute atomic E-state index is 7.94. The van der Waals surface area contributed by atoms with Crippen LogP contribution in [-0.2, 0) is 4.74 Å². The molecule has 2 N–H and O–H groups in total. The van der Waals surface area contributed by atoms with E-state index in [0.29, 0.717) is 0 Å². The molecule has 0 aliphatic rings. The Labute approximate surface area is 43.2 Å². The Kier molecular flexibility index (Phi) is 3.98. The Balaban J connectivity index is 2.68. The van der Waals surface area contributed by atoms with Crippen LogP contribution < -0.4 is 5.48 Å². The van der Waals surface area contributed by atoms with E-state index in [2.05, 4.69) is 0 Å². The highest BCUT2D eigenvalue weighted by Crippen LogP contribution is 1.81. The topological polar surface area (TPSA) is 41.5 Å². The van der Waals surface area contributed by atoms with Gasteiger partial charge in [0.05, 0.1) is 6.10 Å². The molecule has 0 atom stereocenters. The van der Waals surface area contributed by atoms with E-state index >= 15 is 0 Å². The lowest BCUT2D eigenvalue weighted by Gasteiger charge is -2.03. The predicted molar refractivity (Wildman–Crippen MR) is 26.0 cm³/mol. The van der Waals surface area contributed by atoms with Gasteiger partial charge in [0.1, 0.15) is 6.73 Å². The Morgan fingerprint density at radius 3 is 2.43 bits per heavy atom. The molecule has 0 aliphatic heterocycles. The first-order valence-electron chi connectivity index (χ1n) is 2.26. The first kappa shape index (κ1) is 6.88. The molecular weight excluding hydrogens is 94.0 g/mol. The molecule has 0 amide bonds. The Morgan fingerprint density at radius 1 is 1.71 bits per heavy atom. The largest absolute Gasteiger partial charge is 0.362 e. The Morgan fingerprint density at radius 2 is 2.29 bits per heavy atom. The molecule has 0 heterocycles. The van der Waals surface area contributed by atoms with E-state index in [9.17, 15) is 0 Å². The molecule has 44 valence electrons. The van der Waals surface area contributed by atoms with Gasteiger partial charge in [0.25, 0.3) is 0 Å². The van der Waals surface area contributed by atoms with Crippen molar-refractivity contribution in [2.45, 2.75) is 20.0 Å². The fourth-order valence-corrected chi connectivity index (χ4v) is 0.204. The van der Waals surface area contributed by atoms with Crippen LogP contribution in [-0.4, -0.2) is 18.0 Å². The van der Waals surface area contributed by atoms with Crippen LogP contribution in [0.1, 0.15) is 13.8 Å². The second-order valence-electron chi connectivity index (χ2n) is 1.52. The van der Waals surface area contributed by atoms with Gasteiger partial charge in [0.15, 0.2) is 0 Å². The third-order valence-electron chi connectivity index (χ3n) is 0.481. The van der Waals surface area contributed by atoms with E-state index in [1.807, 2.05) is 19.3 Å². The third-order valence-corrected chi connectivity index (χ3v) is 0.481. The molecule has 0 saturated carbocycles. The van der Waals surface area contributed by atoms with Crippen LogP contribution in [0.2, 0.25) is 0 Å². The summed E-state index contributed by atoms with van der Waals surface area (Å²) in [6.07, 6.45) is 0.180. The molecular formula is C4H11NO2. The van der Waals surface area contributed by atoms with E-state index in [1.54, 1.807) is 0 Å². The summed E-state index contributed by atoms with van der Waals surface area (Å²) in [6, 6.07) is 0. The SMILES string of the molecule is CC(C)OCNO. The van der Waals surface area contributed by atoms with E-state index in [0.717, 1.165) is 0 Å². The van der Waals surface area contributed by atoms with Gasteiger partial charge in [-0.05, 0) is 13.8 Å². The van der Waals surface area contributed by atoms with Crippen molar-refractivity contribution in [3.8, 4) is 0 Å². The molecule has 0 rings (SSSR count). The van der Waals surface area contributed by atoms with Crippen LogP contribution in [0.15, 0.2) is 0 Å². The number of nitrogens with one attached hydrogen (secondary N) is 1. The lowest BCUT2D eigenvalue weighted by Crippen LogP contribution is -2.16. The lowest BCUT2D eigenvalue weighted by atomic mass is 10.5. The number of hydrogen-bond donors (Lipinski definition) is 2. The smallest absolute Gasteiger partial charge is 0.119 e. The van der Waals surface area contributed by atoms with Gasteiger partial charge in [-0.3, -0.25) is 0 Å². The van der Waals surface area contributed by atoms with E-state index < -0.39 is 0 Å². The van der Waals surface area contributed by atoms with Gasteiger partial charge in [-0.2, -0.15) is 5.48 Å². The minimum atomic E-state index is 0.180. The molecule has 3 heteroatoms. The number of hydroxylamine groups is 1. The van der Waals surface area contributed by atoms with Gasteiger partial charge in [-0.15, -0.1) is 0 Å². The van der Waals surface area contributed by atoms with Crippen molar-refractivity contribution >= 4 is 0 Å². The van der Waals surface area contributed by atoms with Crippen LogP contribution >= 0.6 is 0 Å². The van der Waals surface area contributed by atoms with Gasteiger partial charge in [-0.25, -0.2) is 0 Å². The van der Waals surface area contributed by atoms with Crippen molar-refractivity contribution < 1.29 is 9.94 Å². The third kappa shape index (κ3) is 5.88. The fourth-order valence-electron chi connectivity index (χ4n) is 0.204. The monoisotopic (exact) mass is 105 g/mol. The number of rotatable bonds is 3. The van der Waals surface area contributed by atoms with Crippen molar-refractivity contribution in [2.75, 3.05) is 6.73 Å². The van der Waals surface area contributed by atoms with Gasteiger partial charge in [0, 0.05) is 0 Å². The van der Waals surface area contributed by atoms with Crippen molar-refractivity contribution in [3.63, 3.8) is 0 Å². The summed E-state index contributed by atoms with van der Waals surface area (Å²) in [5.41, 5.74) is 1.88.